The average Bonchev–Trinajstić information content (AvgIpc) is 2.17. The van der Waals surface area contributed by atoms with Gasteiger partial charge in [-0.25, -0.2) is 14.6 Å². The molecule has 0 amide bonds. The number of aromatic nitrogens is 2. The van der Waals surface area contributed by atoms with Gasteiger partial charge in [0.05, 0.1) is 6.61 Å². The quantitative estimate of drug-likeness (QED) is 0.662. The molecule has 80 valence electrons. The van der Waals surface area contributed by atoms with Crippen molar-refractivity contribution in [1.82, 2.24) is 9.97 Å². The number of esters is 1. The average molecular weight is 212 g/mol. The van der Waals surface area contributed by atoms with Crippen molar-refractivity contribution in [3.63, 3.8) is 0 Å². The lowest BCUT2D eigenvalue weighted by Gasteiger charge is -2.00. The number of hydrogen-bond acceptors (Lipinski definition) is 5. The Morgan fingerprint density at radius 1 is 1.60 bits per heavy atom. The highest BCUT2D eigenvalue weighted by atomic mass is 16.5. The molecule has 0 unspecified atom stereocenters. The van der Waals surface area contributed by atoms with Crippen LogP contribution in [0.4, 0.5) is 0 Å². The van der Waals surface area contributed by atoms with E-state index in [9.17, 15) is 14.4 Å². The first-order valence-electron chi connectivity index (χ1n) is 4.06. The lowest BCUT2D eigenvalue weighted by molar-refractivity contribution is 0.0521. The molecule has 7 heteroatoms. The van der Waals surface area contributed by atoms with Crippen LogP contribution in [0.1, 0.15) is 27.9 Å². The van der Waals surface area contributed by atoms with Crippen LogP contribution in [0.3, 0.4) is 0 Å². The number of carboxylic acid groups (broad SMARTS) is 1. The van der Waals surface area contributed by atoms with Crippen LogP contribution in [0.2, 0.25) is 0 Å². The summed E-state index contributed by atoms with van der Waals surface area (Å²) in [4.78, 5) is 38.1. The predicted molar refractivity (Wildman–Crippen MR) is 47.8 cm³/mol. The maximum atomic E-state index is 11.2. The van der Waals surface area contributed by atoms with E-state index in [4.69, 9.17) is 5.11 Å². The monoisotopic (exact) mass is 212 g/mol. The van der Waals surface area contributed by atoms with Gasteiger partial charge in [0.25, 0.3) is 5.56 Å². The number of nitrogens with zero attached hydrogens (tertiary/aromatic N) is 1. The summed E-state index contributed by atoms with van der Waals surface area (Å²) in [6.45, 7) is 1.71. The topological polar surface area (TPSA) is 109 Å². The molecule has 0 spiro atoms. The van der Waals surface area contributed by atoms with E-state index < -0.39 is 23.3 Å². The first-order valence-corrected chi connectivity index (χ1v) is 4.06. The van der Waals surface area contributed by atoms with Crippen molar-refractivity contribution >= 4 is 11.9 Å². The molecule has 0 radical (unpaired) electrons. The highest BCUT2D eigenvalue weighted by molar-refractivity contribution is 5.89. The summed E-state index contributed by atoms with van der Waals surface area (Å²) in [6, 6.07) is 0. The Morgan fingerprint density at radius 3 is 2.73 bits per heavy atom. The van der Waals surface area contributed by atoms with Gasteiger partial charge in [-0.05, 0) is 6.92 Å². The number of carboxylic acids is 1. The summed E-state index contributed by atoms with van der Waals surface area (Å²) >= 11 is 0. The van der Waals surface area contributed by atoms with Crippen LogP contribution in [-0.4, -0.2) is 33.6 Å². The summed E-state index contributed by atoms with van der Waals surface area (Å²) in [5.41, 5.74) is -1.15. The molecular weight excluding hydrogens is 204 g/mol. The van der Waals surface area contributed by atoms with Gasteiger partial charge < -0.3 is 14.8 Å². The Hall–Kier alpha value is -2.18. The molecule has 1 rings (SSSR count). The summed E-state index contributed by atoms with van der Waals surface area (Å²) < 4.78 is 4.56. The van der Waals surface area contributed by atoms with Crippen molar-refractivity contribution in [2.45, 2.75) is 6.92 Å². The first-order chi connectivity index (χ1) is 7.06. The minimum Gasteiger partial charge on any atom is -0.475 e. The Morgan fingerprint density at radius 2 is 2.27 bits per heavy atom. The zero-order valence-corrected chi connectivity index (χ0v) is 7.81. The lowest BCUT2D eigenvalue weighted by atomic mass is 10.3. The summed E-state index contributed by atoms with van der Waals surface area (Å²) in [5, 5.41) is 8.49. The van der Waals surface area contributed by atoms with Crippen LogP contribution in [0.25, 0.3) is 0 Å². The van der Waals surface area contributed by atoms with E-state index in [0.29, 0.717) is 0 Å². The van der Waals surface area contributed by atoms with E-state index >= 15 is 0 Å². The van der Waals surface area contributed by atoms with Gasteiger partial charge in [-0.15, -0.1) is 0 Å². The number of carbonyl (C=O) groups is 2. The highest BCUT2D eigenvalue weighted by Crippen LogP contribution is 1.93. The number of H-pyrrole nitrogens is 1. The third kappa shape index (κ3) is 2.39. The molecule has 0 bridgehead atoms. The van der Waals surface area contributed by atoms with Gasteiger partial charge in [0.1, 0.15) is 5.56 Å². The molecule has 0 saturated carbocycles. The van der Waals surface area contributed by atoms with Crippen LogP contribution in [0.15, 0.2) is 11.0 Å². The predicted octanol–water partition coefficient (Wildman–Crippen LogP) is -0.355. The second-order valence-corrected chi connectivity index (χ2v) is 2.50. The van der Waals surface area contributed by atoms with Crippen molar-refractivity contribution in [3.05, 3.63) is 27.9 Å². The number of nitrogens with one attached hydrogen (secondary N) is 1. The maximum absolute atomic E-state index is 11.2. The molecule has 2 N–H and O–H groups in total. The number of ether oxygens (including phenoxy) is 1. The van der Waals surface area contributed by atoms with Crippen LogP contribution in [-0.2, 0) is 4.74 Å². The Kier molecular flexibility index (Phi) is 3.17. The third-order valence-electron chi connectivity index (χ3n) is 1.50. The third-order valence-corrected chi connectivity index (χ3v) is 1.50. The zero-order chi connectivity index (χ0) is 11.4. The molecular formula is C8H8N2O5. The SMILES string of the molecule is CCOC(=O)c1cnc(C(=O)O)[nH]c1=O. The second kappa shape index (κ2) is 4.36. The molecule has 7 nitrogen and oxygen atoms in total. The fraction of sp³-hybridized carbons (Fsp3) is 0.250. The van der Waals surface area contributed by atoms with Crippen molar-refractivity contribution < 1.29 is 19.4 Å². The Labute approximate surface area is 83.7 Å². The van der Waals surface area contributed by atoms with Gasteiger partial charge in [-0.3, -0.25) is 4.79 Å². The van der Waals surface area contributed by atoms with Crippen LogP contribution in [0.5, 0.6) is 0 Å². The Balaban J connectivity index is 3.09. The van der Waals surface area contributed by atoms with E-state index in [0.717, 1.165) is 6.20 Å². The van der Waals surface area contributed by atoms with E-state index in [1.54, 1.807) is 6.92 Å². The highest BCUT2D eigenvalue weighted by Gasteiger charge is 2.14. The molecule has 1 heterocycles. The number of aromatic carboxylic acids is 1. The second-order valence-electron chi connectivity index (χ2n) is 2.50. The van der Waals surface area contributed by atoms with Crippen molar-refractivity contribution in [1.29, 1.82) is 0 Å². The number of aromatic amines is 1. The van der Waals surface area contributed by atoms with Gasteiger partial charge in [0.2, 0.25) is 5.82 Å². The standard InChI is InChI=1S/C8H8N2O5/c1-2-15-8(14)4-3-9-5(7(12)13)10-6(4)11/h3H,2H2,1H3,(H,12,13)(H,9,10,11). The maximum Gasteiger partial charge on any atom is 0.372 e. The van der Waals surface area contributed by atoms with Crippen LogP contribution >= 0.6 is 0 Å². The molecule has 0 aliphatic heterocycles. The summed E-state index contributed by atoms with van der Waals surface area (Å²) in [5.74, 6) is -2.72. The van der Waals surface area contributed by atoms with Crippen molar-refractivity contribution in [2.75, 3.05) is 6.61 Å². The summed E-state index contributed by atoms with van der Waals surface area (Å²) in [6.07, 6.45) is 0.875. The van der Waals surface area contributed by atoms with Crippen molar-refractivity contribution in [3.8, 4) is 0 Å². The van der Waals surface area contributed by atoms with Crippen LogP contribution < -0.4 is 5.56 Å². The molecule has 0 atom stereocenters. The minimum atomic E-state index is -1.37. The zero-order valence-electron chi connectivity index (χ0n) is 7.81. The molecule has 15 heavy (non-hydrogen) atoms. The largest absolute Gasteiger partial charge is 0.475 e. The molecule has 0 saturated heterocycles. The number of hydrogen-bond donors (Lipinski definition) is 2. The molecule has 1 aromatic rings. The normalized spacial score (nSPS) is 9.67. The van der Waals surface area contributed by atoms with Gasteiger partial charge in [0.15, 0.2) is 0 Å². The van der Waals surface area contributed by atoms with Gasteiger partial charge in [-0.1, -0.05) is 0 Å². The molecule has 0 aliphatic carbocycles. The van der Waals surface area contributed by atoms with E-state index in [1.165, 1.54) is 0 Å². The number of rotatable bonds is 3. The van der Waals surface area contributed by atoms with Gasteiger partial charge in [-0.2, -0.15) is 0 Å². The minimum absolute atomic E-state index is 0.124. The Bertz CT molecular complexity index is 451. The first kappa shape index (κ1) is 10.9. The fourth-order valence-corrected chi connectivity index (χ4v) is 0.858. The molecule has 0 fully saturated rings. The number of carbonyl (C=O) groups excluding carboxylic acids is 1. The molecule has 0 aromatic carbocycles. The van der Waals surface area contributed by atoms with Gasteiger partial charge in [0, 0.05) is 6.20 Å². The van der Waals surface area contributed by atoms with E-state index in [-0.39, 0.29) is 12.2 Å². The van der Waals surface area contributed by atoms with Crippen molar-refractivity contribution in [2.24, 2.45) is 0 Å². The summed E-state index contributed by atoms with van der Waals surface area (Å²) in [7, 11) is 0. The van der Waals surface area contributed by atoms with E-state index in [2.05, 4.69) is 9.72 Å². The lowest BCUT2D eigenvalue weighted by Crippen LogP contribution is -2.23. The van der Waals surface area contributed by atoms with Crippen LogP contribution in [0, 0.1) is 0 Å². The fourth-order valence-electron chi connectivity index (χ4n) is 0.858. The van der Waals surface area contributed by atoms with E-state index in [1.807, 2.05) is 4.98 Å². The molecule has 0 aliphatic rings. The molecule has 1 aromatic heterocycles. The van der Waals surface area contributed by atoms with Gasteiger partial charge >= 0.3 is 11.9 Å². The smallest absolute Gasteiger partial charge is 0.372 e.